The van der Waals surface area contributed by atoms with Gasteiger partial charge in [0.15, 0.2) is 11.7 Å². The molecule has 6 heterocycles. The van der Waals surface area contributed by atoms with Gasteiger partial charge in [0.25, 0.3) is 5.91 Å². The van der Waals surface area contributed by atoms with Crippen LogP contribution in [0, 0.1) is 11.7 Å². The quantitative estimate of drug-likeness (QED) is 0.0795. The number of thioether (sulfide) groups is 1. The van der Waals surface area contributed by atoms with Crippen molar-refractivity contribution in [2.24, 2.45) is 5.92 Å². The molecule has 5 saturated heterocycles. The number of rotatable bonds is 16. The number of ether oxygens (including phenoxy) is 3. The van der Waals surface area contributed by atoms with E-state index in [-0.39, 0.29) is 74.8 Å². The van der Waals surface area contributed by atoms with E-state index in [0.29, 0.717) is 49.7 Å². The Kier molecular flexibility index (Phi) is 21.5. The first kappa shape index (κ1) is 66.6. The lowest BCUT2D eigenvalue weighted by atomic mass is 9.90. The summed E-state index contributed by atoms with van der Waals surface area (Å²) in [6.07, 6.45) is -1.84. The first-order valence-corrected chi connectivity index (χ1v) is 31.7. The zero-order valence-corrected chi connectivity index (χ0v) is 52.6. The van der Waals surface area contributed by atoms with Crippen LogP contribution in [0.2, 0.25) is 0 Å². The van der Waals surface area contributed by atoms with E-state index in [9.17, 15) is 33.9 Å². The molecule has 27 heteroatoms. The predicted octanol–water partition coefficient (Wildman–Crippen LogP) is 3.13. The molecule has 5 N–H and O–H groups in total. The average Bonchev–Trinajstić information content (AvgIpc) is 1.76. The van der Waals surface area contributed by atoms with Crippen molar-refractivity contribution in [3.63, 3.8) is 0 Å². The second-order valence-corrected chi connectivity index (χ2v) is 24.9. The monoisotopic (exact) mass is 1280 g/mol. The van der Waals surface area contributed by atoms with E-state index in [0.717, 1.165) is 5.69 Å². The van der Waals surface area contributed by atoms with Gasteiger partial charge in [-0.3, -0.25) is 43.3 Å². The van der Waals surface area contributed by atoms with E-state index >= 15 is 23.6 Å². The summed E-state index contributed by atoms with van der Waals surface area (Å²) >= 11 is 1.26. The number of cyclic esters (lactones) is 2. The van der Waals surface area contributed by atoms with Crippen LogP contribution in [0.25, 0.3) is 0 Å². The number of nitrogens with one attached hydrogen (secondary N) is 4. The van der Waals surface area contributed by atoms with Crippen LogP contribution in [0.15, 0.2) is 91.1 Å². The first-order chi connectivity index (χ1) is 43.5. The number of halogens is 1. The third kappa shape index (κ3) is 15.5. The predicted molar refractivity (Wildman–Crippen MR) is 333 cm³/mol. The van der Waals surface area contributed by atoms with Crippen molar-refractivity contribution in [3.05, 3.63) is 114 Å². The Labute approximate surface area is 531 Å². The van der Waals surface area contributed by atoms with Gasteiger partial charge in [0, 0.05) is 95.9 Å². The Morgan fingerprint density at radius 1 is 0.879 bits per heavy atom. The molecule has 3 aromatic carbocycles. The van der Waals surface area contributed by atoms with Crippen LogP contribution >= 0.6 is 11.8 Å². The van der Waals surface area contributed by atoms with E-state index in [1.54, 1.807) is 37.3 Å². The number of amides is 8. The summed E-state index contributed by atoms with van der Waals surface area (Å²) in [7, 11) is 5.18. The maximum atomic E-state index is 15.9. The summed E-state index contributed by atoms with van der Waals surface area (Å²) in [4.78, 5) is 158. The number of nitrogens with zero attached hydrogens (tertiary/aromatic N) is 7. The number of aromatic hydroxyl groups is 1. The van der Waals surface area contributed by atoms with Crippen molar-refractivity contribution in [1.29, 1.82) is 0 Å². The minimum absolute atomic E-state index is 0.0156. The number of esters is 1. The fraction of sp³-hybridized carbons (Fsp3) is 0.484. The largest absolute Gasteiger partial charge is 0.505 e. The van der Waals surface area contributed by atoms with Gasteiger partial charge in [0.05, 0.1) is 37.7 Å². The minimum Gasteiger partial charge on any atom is -0.505 e. The Hall–Kier alpha value is -8.85. The van der Waals surface area contributed by atoms with E-state index in [1.807, 2.05) is 48.2 Å². The van der Waals surface area contributed by atoms with Gasteiger partial charge in [0.2, 0.25) is 35.4 Å². The van der Waals surface area contributed by atoms with Gasteiger partial charge in [-0.15, -0.1) is 0 Å². The van der Waals surface area contributed by atoms with Crippen molar-refractivity contribution < 1.29 is 71.7 Å². The molecule has 25 nitrogen and oxygen atoms in total. The van der Waals surface area contributed by atoms with Crippen LogP contribution in [-0.4, -0.2) is 211 Å². The number of piperidine rings is 1. The molecule has 0 bridgehead atoms. The number of hydrogen-bond acceptors (Lipinski definition) is 18. The number of pyridine rings is 1. The van der Waals surface area contributed by atoms with Crippen molar-refractivity contribution in [2.45, 2.75) is 107 Å². The van der Waals surface area contributed by atoms with E-state index in [2.05, 4.69) is 26.3 Å². The molecule has 0 aliphatic carbocycles. The fourth-order valence-electron chi connectivity index (χ4n) is 11.8. The zero-order valence-electron chi connectivity index (χ0n) is 51.8. The highest BCUT2D eigenvalue weighted by Crippen LogP contribution is 2.32. The van der Waals surface area contributed by atoms with Crippen molar-refractivity contribution >= 4 is 88.0 Å². The summed E-state index contributed by atoms with van der Waals surface area (Å²) in [5, 5.41) is 21.4. The first-order valence-electron chi connectivity index (χ1n) is 30.5. The summed E-state index contributed by atoms with van der Waals surface area (Å²) in [5.74, 6) is -8.43. The van der Waals surface area contributed by atoms with Crippen molar-refractivity contribution in [3.8, 4) is 5.75 Å². The molecule has 4 aromatic rings. The molecule has 91 heavy (non-hydrogen) atoms. The van der Waals surface area contributed by atoms with Gasteiger partial charge in [-0.2, -0.15) is 11.8 Å². The SMILES string of the molecule is CC[C@@]1(C)NC(=O)[C@@H](NC(=O)c2ncccc2O)[C@@H](C)OC(=O)[C@H](c2ccccc2)NC(=O)[C@@H]2CC(=O)C(CSCCC(=O)NC[C@H]3CN(c4ccc(N5CCOCC5)c(F)c4)C(=O)O3)CN2C(=O)[C@H](Cc2ccc(N(C)C)cc2)N(C)C(=O)[C@@H]2CCCN2C1=O. The number of likely N-dealkylation sites (N-methyl/N-ethyl adjacent to an activating group) is 1. The number of carbonyl (C=O) groups excluding carboxylic acids is 10. The van der Waals surface area contributed by atoms with Gasteiger partial charge in [-0.05, 0) is 86.7 Å². The van der Waals surface area contributed by atoms with E-state index in [4.69, 9.17) is 14.2 Å². The third-order valence-corrected chi connectivity index (χ3v) is 18.5. The summed E-state index contributed by atoms with van der Waals surface area (Å²) in [6.45, 7) is 6.24. The van der Waals surface area contributed by atoms with Crippen molar-refractivity contribution in [2.75, 3.05) is 99.8 Å². The van der Waals surface area contributed by atoms with Crippen LogP contribution in [0.4, 0.5) is 26.2 Å². The number of Topliss-reactive ketones (excluding diaryl/α,β-unsaturated/α-hetero) is 1. The lowest BCUT2D eigenvalue weighted by Crippen LogP contribution is -2.65. The maximum absolute atomic E-state index is 15.9. The third-order valence-electron chi connectivity index (χ3n) is 17.4. The molecule has 0 saturated carbocycles. The average molecular weight is 1280 g/mol. The highest BCUT2D eigenvalue weighted by molar-refractivity contribution is 7.99. The Morgan fingerprint density at radius 3 is 2.31 bits per heavy atom. The van der Waals surface area contributed by atoms with Gasteiger partial charge in [0.1, 0.15) is 59.3 Å². The molecular formula is C64H78FN11O14S. The number of carbonyl (C=O) groups is 10. The number of ketones is 1. The van der Waals surface area contributed by atoms with Crippen LogP contribution in [0.5, 0.6) is 5.75 Å². The van der Waals surface area contributed by atoms with Crippen molar-refractivity contribution in [1.82, 2.24) is 41.0 Å². The van der Waals surface area contributed by atoms with Crippen LogP contribution in [0.3, 0.4) is 0 Å². The normalized spacial score (nSPS) is 25.5. The lowest BCUT2D eigenvalue weighted by Gasteiger charge is -2.42. The molecule has 1 unspecified atom stereocenters. The van der Waals surface area contributed by atoms with Crippen LogP contribution in [0.1, 0.15) is 80.5 Å². The molecule has 486 valence electrons. The zero-order chi connectivity index (χ0) is 65.3. The summed E-state index contributed by atoms with van der Waals surface area (Å²) < 4.78 is 32.2. The Balaban J connectivity index is 0.974. The fourth-order valence-corrected chi connectivity index (χ4v) is 12.9. The number of anilines is 3. The highest BCUT2D eigenvalue weighted by atomic mass is 32.2. The molecule has 5 aliphatic heterocycles. The molecule has 1 aromatic heterocycles. The number of aromatic nitrogens is 1. The summed E-state index contributed by atoms with van der Waals surface area (Å²) in [5.41, 5.74) is 0.183. The van der Waals surface area contributed by atoms with E-state index in [1.165, 1.54) is 88.8 Å². The Morgan fingerprint density at radius 2 is 1.62 bits per heavy atom. The molecule has 8 amide bonds. The molecule has 0 spiro atoms. The topological polar surface area (TPSA) is 299 Å². The lowest BCUT2D eigenvalue weighted by molar-refractivity contribution is -0.157. The number of hydrogen-bond donors (Lipinski definition) is 5. The molecular weight excluding hydrogens is 1200 g/mol. The molecule has 5 fully saturated rings. The molecule has 0 radical (unpaired) electrons. The highest BCUT2D eigenvalue weighted by Gasteiger charge is 2.49. The van der Waals surface area contributed by atoms with Gasteiger partial charge in [-0.1, -0.05) is 49.4 Å². The second-order valence-electron chi connectivity index (χ2n) is 23.7. The second kappa shape index (κ2) is 29.4. The number of benzene rings is 3. The number of fused-ring (bicyclic) bond motifs is 2. The Bertz CT molecular complexity index is 3380. The smallest absolute Gasteiger partial charge is 0.414 e. The van der Waals surface area contributed by atoms with Gasteiger partial charge >= 0.3 is 12.1 Å². The molecule has 9 rings (SSSR count). The van der Waals surface area contributed by atoms with Gasteiger partial charge in [-0.25, -0.2) is 19.0 Å². The summed E-state index contributed by atoms with van der Waals surface area (Å²) in [6, 6.07) is 14.9. The molecule has 9 atom stereocenters. The molecule has 5 aliphatic rings. The van der Waals surface area contributed by atoms with Crippen LogP contribution < -0.4 is 36.0 Å². The maximum Gasteiger partial charge on any atom is 0.414 e. The standard InChI is InChI=1S/C64H78FN11O14S/c1-7-64(3)62(86)74-25-12-15-47(74)59(83)72(6)49(31-39-17-19-42(20-18-39)71(4)5)60(84)76-35-41(37-91-30-23-52(79)67-34-44-36-75(63(87)90-44)43-21-22-46(45(65)32-43)73-26-28-88-29-27-73)51(78)33-48(76)56(80)69-54(40-13-9-8-10-14-40)61(85)89-38(2)53(58(82)70-64)68-57(81)55-50(77)16-11-24-66-55/h8-11,13-14,16-22,24,32,38,41,44,47-49,53-54,77H,7,12,15,23,25-31,33-37H2,1-6H3,(H,67,79)(H,68,81)(H,69,80)(H,70,82)/t38-,41?,44+,47+,48+,49+,53+,54+,64-/m1/s1. The van der Waals surface area contributed by atoms with Crippen LogP contribution in [-0.2, 0) is 59.0 Å². The minimum atomic E-state index is -1.77. The van der Waals surface area contributed by atoms with Gasteiger partial charge < -0.3 is 65.1 Å². The van der Waals surface area contributed by atoms with E-state index < -0.39 is 131 Å². The number of morpholine rings is 1.